The fraction of sp³-hybridized carbons (Fsp3) is 0.600. The monoisotopic (exact) mass is 250 g/mol. The first-order valence-electron chi connectivity index (χ1n) is 6.91. The molecule has 2 unspecified atom stereocenters. The molecule has 2 atom stereocenters. The van der Waals surface area contributed by atoms with Crippen LogP contribution >= 0.6 is 0 Å². The molecule has 2 nitrogen and oxygen atoms in total. The highest BCUT2D eigenvalue weighted by atomic mass is 19.1. The van der Waals surface area contributed by atoms with Crippen molar-refractivity contribution in [1.82, 2.24) is 10.2 Å². The molecule has 1 fully saturated rings. The molecule has 100 valence electrons. The van der Waals surface area contributed by atoms with Crippen molar-refractivity contribution in [3.8, 4) is 0 Å². The molecule has 0 radical (unpaired) electrons. The standard InChI is InChI=1S/C15H23FN2/c1-3-18(15-8-9-17-11-15)12(2)10-13-4-6-14(16)7-5-13/h4-7,12,15,17H,3,8-11H2,1-2H3. The summed E-state index contributed by atoms with van der Waals surface area (Å²) in [7, 11) is 0. The molecule has 3 heteroatoms. The van der Waals surface area contributed by atoms with Gasteiger partial charge in [0.15, 0.2) is 0 Å². The molecule has 1 aliphatic heterocycles. The Morgan fingerprint density at radius 1 is 1.39 bits per heavy atom. The lowest BCUT2D eigenvalue weighted by Gasteiger charge is -2.33. The quantitative estimate of drug-likeness (QED) is 0.863. The lowest BCUT2D eigenvalue weighted by molar-refractivity contribution is 0.161. The van der Waals surface area contributed by atoms with Crippen LogP contribution in [0.2, 0.25) is 0 Å². The average molecular weight is 250 g/mol. The molecule has 0 amide bonds. The number of halogens is 1. The molecule has 0 spiro atoms. The second-order valence-corrected chi connectivity index (χ2v) is 5.16. The van der Waals surface area contributed by atoms with Crippen molar-refractivity contribution in [3.63, 3.8) is 0 Å². The van der Waals surface area contributed by atoms with Gasteiger partial charge in [-0.1, -0.05) is 19.1 Å². The van der Waals surface area contributed by atoms with E-state index in [1.807, 2.05) is 12.1 Å². The Labute approximate surface area is 109 Å². The van der Waals surface area contributed by atoms with E-state index in [9.17, 15) is 4.39 Å². The van der Waals surface area contributed by atoms with Gasteiger partial charge >= 0.3 is 0 Å². The van der Waals surface area contributed by atoms with E-state index in [1.165, 1.54) is 12.0 Å². The van der Waals surface area contributed by atoms with E-state index in [0.717, 1.165) is 26.1 Å². The Hall–Kier alpha value is -0.930. The summed E-state index contributed by atoms with van der Waals surface area (Å²) >= 11 is 0. The highest BCUT2D eigenvalue weighted by Gasteiger charge is 2.24. The van der Waals surface area contributed by atoms with E-state index in [4.69, 9.17) is 0 Å². The third-order valence-electron chi connectivity index (χ3n) is 3.88. The zero-order valence-electron chi connectivity index (χ0n) is 11.3. The molecule has 18 heavy (non-hydrogen) atoms. The molecule has 1 N–H and O–H groups in total. The van der Waals surface area contributed by atoms with Gasteiger partial charge in [-0.2, -0.15) is 0 Å². The number of nitrogens with one attached hydrogen (secondary N) is 1. The predicted octanol–water partition coefficient (Wildman–Crippen LogP) is 2.44. The summed E-state index contributed by atoms with van der Waals surface area (Å²) in [5, 5.41) is 3.42. The molecule has 1 saturated heterocycles. The maximum atomic E-state index is 12.9. The van der Waals surface area contributed by atoms with Crippen molar-refractivity contribution in [1.29, 1.82) is 0 Å². The summed E-state index contributed by atoms with van der Waals surface area (Å²) in [6.07, 6.45) is 2.23. The molecular weight excluding hydrogens is 227 g/mol. The van der Waals surface area contributed by atoms with Crippen molar-refractivity contribution in [3.05, 3.63) is 35.6 Å². The van der Waals surface area contributed by atoms with Crippen molar-refractivity contribution in [2.45, 2.75) is 38.8 Å². The summed E-state index contributed by atoms with van der Waals surface area (Å²) < 4.78 is 12.9. The summed E-state index contributed by atoms with van der Waals surface area (Å²) in [5.74, 6) is -0.154. The normalized spacial score (nSPS) is 21.4. The number of benzene rings is 1. The van der Waals surface area contributed by atoms with Gasteiger partial charge in [-0.3, -0.25) is 4.90 Å². The SMILES string of the molecule is CCN(C(C)Cc1ccc(F)cc1)C1CCNC1. The maximum Gasteiger partial charge on any atom is 0.123 e. The molecule has 1 heterocycles. The minimum atomic E-state index is -0.154. The van der Waals surface area contributed by atoms with E-state index in [0.29, 0.717) is 12.1 Å². The lowest BCUT2D eigenvalue weighted by atomic mass is 10.0. The van der Waals surface area contributed by atoms with Gasteiger partial charge in [0, 0.05) is 18.6 Å². The Morgan fingerprint density at radius 3 is 2.67 bits per heavy atom. The Kier molecular flexibility index (Phi) is 4.72. The Bertz CT molecular complexity index is 357. The Morgan fingerprint density at radius 2 is 2.11 bits per heavy atom. The third kappa shape index (κ3) is 3.30. The first kappa shape index (κ1) is 13.5. The predicted molar refractivity (Wildman–Crippen MR) is 73.2 cm³/mol. The largest absolute Gasteiger partial charge is 0.315 e. The number of rotatable bonds is 5. The molecule has 1 aromatic rings. The van der Waals surface area contributed by atoms with Gasteiger partial charge in [0.25, 0.3) is 0 Å². The lowest BCUT2D eigenvalue weighted by Crippen LogP contribution is -2.43. The number of hydrogen-bond donors (Lipinski definition) is 1. The van der Waals surface area contributed by atoms with E-state index < -0.39 is 0 Å². The van der Waals surface area contributed by atoms with Crippen LogP contribution in [0.15, 0.2) is 24.3 Å². The summed E-state index contributed by atoms with van der Waals surface area (Å²) in [6, 6.07) is 8.06. The fourth-order valence-electron chi connectivity index (χ4n) is 2.93. The van der Waals surface area contributed by atoms with Crippen LogP contribution in [-0.2, 0) is 6.42 Å². The van der Waals surface area contributed by atoms with Gasteiger partial charge in [-0.05, 0) is 50.6 Å². The topological polar surface area (TPSA) is 15.3 Å². The molecule has 0 aliphatic carbocycles. The van der Waals surface area contributed by atoms with Crippen LogP contribution in [0.1, 0.15) is 25.8 Å². The Balaban J connectivity index is 1.96. The first-order valence-corrected chi connectivity index (χ1v) is 6.91. The zero-order chi connectivity index (χ0) is 13.0. The van der Waals surface area contributed by atoms with Crippen molar-refractivity contribution < 1.29 is 4.39 Å². The summed E-state index contributed by atoms with van der Waals surface area (Å²) in [4.78, 5) is 2.56. The van der Waals surface area contributed by atoms with Crippen LogP contribution in [0.5, 0.6) is 0 Å². The minimum absolute atomic E-state index is 0.154. The van der Waals surface area contributed by atoms with Gasteiger partial charge < -0.3 is 5.32 Å². The molecular formula is C15H23FN2. The van der Waals surface area contributed by atoms with Crippen molar-refractivity contribution >= 4 is 0 Å². The third-order valence-corrected chi connectivity index (χ3v) is 3.88. The fourth-order valence-corrected chi connectivity index (χ4v) is 2.93. The van der Waals surface area contributed by atoms with E-state index >= 15 is 0 Å². The van der Waals surface area contributed by atoms with Gasteiger partial charge in [0.1, 0.15) is 5.82 Å². The molecule has 0 saturated carbocycles. The second-order valence-electron chi connectivity index (χ2n) is 5.16. The van der Waals surface area contributed by atoms with E-state index in [2.05, 4.69) is 24.1 Å². The number of likely N-dealkylation sites (N-methyl/N-ethyl adjacent to an activating group) is 1. The van der Waals surface area contributed by atoms with Crippen LogP contribution in [-0.4, -0.2) is 36.6 Å². The van der Waals surface area contributed by atoms with Gasteiger partial charge in [-0.25, -0.2) is 4.39 Å². The van der Waals surface area contributed by atoms with Gasteiger partial charge in [0.05, 0.1) is 0 Å². The molecule has 1 aromatic carbocycles. The van der Waals surface area contributed by atoms with Crippen LogP contribution in [0.4, 0.5) is 4.39 Å². The van der Waals surface area contributed by atoms with E-state index in [1.54, 1.807) is 12.1 Å². The van der Waals surface area contributed by atoms with Crippen molar-refractivity contribution in [2.75, 3.05) is 19.6 Å². The molecule has 1 aliphatic rings. The summed E-state index contributed by atoms with van der Waals surface area (Å²) in [5.41, 5.74) is 1.22. The van der Waals surface area contributed by atoms with E-state index in [-0.39, 0.29) is 5.82 Å². The second kappa shape index (κ2) is 6.30. The molecule has 0 aromatic heterocycles. The smallest absolute Gasteiger partial charge is 0.123 e. The van der Waals surface area contributed by atoms with Crippen LogP contribution in [0, 0.1) is 5.82 Å². The van der Waals surface area contributed by atoms with Gasteiger partial charge in [-0.15, -0.1) is 0 Å². The number of nitrogens with zero attached hydrogens (tertiary/aromatic N) is 1. The van der Waals surface area contributed by atoms with Crippen LogP contribution in [0.25, 0.3) is 0 Å². The van der Waals surface area contributed by atoms with Crippen LogP contribution in [0.3, 0.4) is 0 Å². The maximum absolute atomic E-state index is 12.9. The van der Waals surface area contributed by atoms with Crippen molar-refractivity contribution in [2.24, 2.45) is 0 Å². The average Bonchev–Trinajstić information content (AvgIpc) is 2.87. The zero-order valence-corrected chi connectivity index (χ0v) is 11.3. The molecule has 2 rings (SSSR count). The van der Waals surface area contributed by atoms with Gasteiger partial charge in [0.2, 0.25) is 0 Å². The highest BCUT2D eigenvalue weighted by Crippen LogP contribution is 2.16. The molecule has 0 bridgehead atoms. The minimum Gasteiger partial charge on any atom is -0.315 e. The highest BCUT2D eigenvalue weighted by molar-refractivity contribution is 5.17. The summed E-state index contributed by atoms with van der Waals surface area (Å²) in [6.45, 7) is 7.80. The van der Waals surface area contributed by atoms with Crippen LogP contribution < -0.4 is 5.32 Å². The first-order chi connectivity index (χ1) is 8.70. The number of hydrogen-bond acceptors (Lipinski definition) is 2.